The van der Waals surface area contributed by atoms with Crippen molar-refractivity contribution in [2.24, 2.45) is 5.92 Å². The predicted molar refractivity (Wildman–Crippen MR) is 85.9 cm³/mol. The van der Waals surface area contributed by atoms with Crippen LogP contribution in [0.2, 0.25) is 0 Å². The first kappa shape index (κ1) is 17.0. The molecule has 0 saturated carbocycles. The van der Waals surface area contributed by atoms with E-state index in [4.69, 9.17) is 0 Å². The van der Waals surface area contributed by atoms with E-state index in [1.54, 1.807) is 12.1 Å². The Kier molecular flexibility index (Phi) is 6.53. The molecule has 1 rings (SSSR count). The van der Waals surface area contributed by atoms with Crippen molar-refractivity contribution in [2.45, 2.75) is 57.9 Å². The molecule has 1 aromatic rings. The molecule has 1 unspecified atom stereocenters. The molecule has 0 spiro atoms. The molecule has 0 bridgehead atoms. The van der Waals surface area contributed by atoms with Gasteiger partial charge in [0.2, 0.25) is 0 Å². The summed E-state index contributed by atoms with van der Waals surface area (Å²) in [5, 5.41) is 3.35. The van der Waals surface area contributed by atoms with Crippen LogP contribution in [-0.4, -0.2) is 20.2 Å². The lowest BCUT2D eigenvalue weighted by Crippen LogP contribution is -2.18. The summed E-state index contributed by atoms with van der Waals surface area (Å²) in [5.74, 6) is 0.866. The summed E-state index contributed by atoms with van der Waals surface area (Å²) in [7, 11) is -3.18. The van der Waals surface area contributed by atoms with Gasteiger partial charge in [-0.1, -0.05) is 32.9 Å². The van der Waals surface area contributed by atoms with Crippen molar-refractivity contribution in [2.75, 3.05) is 11.1 Å². The third-order valence-corrected chi connectivity index (χ3v) is 5.25. The number of sulfone groups is 1. The van der Waals surface area contributed by atoms with E-state index < -0.39 is 9.84 Å². The van der Waals surface area contributed by atoms with E-state index >= 15 is 0 Å². The van der Waals surface area contributed by atoms with Crippen LogP contribution in [-0.2, 0) is 9.84 Å². The maximum atomic E-state index is 12.3. The van der Waals surface area contributed by atoms with Crippen LogP contribution < -0.4 is 5.32 Å². The van der Waals surface area contributed by atoms with Gasteiger partial charge in [0.15, 0.2) is 9.84 Å². The van der Waals surface area contributed by atoms with Gasteiger partial charge in [-0.05, 0) is 44.2 Å². The molecule has 3 nitrogen and oxygen atoms in total. The fourth-order valence-corrected chi connectivity index (χ4v) is 3.66. The number of rotatable bonds is 8. The van der Waals surface area contributed by atoms with Crippen molar-refractivity contribution in [1.29, 1.82) is 0 Å². The molecule has 0 fully saturated rings. The first-order valence-corrected chi connectivity index (χ1v) is 9.10. The molecule has 0 aromatic heterocycles. The minimum absolute atomic E-state index is 0.200. The van der Waals surface area contributed by atoms with Crippen molar-refractivity contribution >= 4 is 15.5 Å². The fourth-order valence-electron chi connectivity index (χ4n) is 2.16. The maximum Gasteiger partial charge on any atom is 0.180 e. The lowest BCUT2D eigenvalue weighted by Gasteiger charge is -2.19. The highest BCUT2D eigenvalue weighted by Gasteiger charge is 2.18. The van der Waals surface area contributed by atoms with E-state index in [-0.39, 0.29) is 11.8 Å². The Bertz CT molecular complexity index is 509. The summed E-state index contributed by atoms with van der Waals surface area (Å²) in [4.78, 5) is 0.429. The van der Waals surface area contributed by atoms with Crippen LogP contribution in [0, 0.1) is 5.92 Å². The molecule has 0 aliphatic heterocycles. The highest BCUT2D eigenvalue weighted by atomic mass is 32.2. The Labute approximate surface area is 123 Å². The molecule has 0 amide bonds. The predicted octanol–water partition coefficient (Wildman–Crippen LogP) is 4.11. The summed E-state index contributed by atoms with van der Waals surface area (Å²) >= 11 is 0. The summed E-state index contributed by atoms with van der Waals surface area (Å²) in [5.41, 5.74) is 0.734. The third kappa shape index (κ3) is 5.16. The number of anilines is 1. The highest BCUT2D eigenvalue weighted by Crippen LogP contribution is 2.24. The van der Waals surface area contributed by atoms with Gasteiger partial charge < -0.3 is 5.32 Å². The van der Waals surface area contributed by atoms with Crippen LogP contribution in [0.3, 0.4) is 0 Å². The van der Waals surface area contributed by atoms with Gasteiger partial charge in [0.05, 0.1) is 16.3 Å². The van der Waals surface area contributed by atoms with Crippen molar-refractivity contribution in [3.05, 3.63) is 24.3 Å². The molecule has 0 saturated heterocycles. The van der Waals surface area contributed by atoms with Crippen LogP contribution in [0.5, 0.6) is 0 Å². The second-order valence-electron chi connectivity index (χ2n) is 5.83. The quantitative estimate of drug-likeness (QED) is 0.785. The highest BCUT2D eigenvalue weighted by molar-refractivity contribution is 7.91. The molecule has 0 aliphatic rings. The van der Waals surface area contributed by atoms with Gasteiger partial charge in [-0.15, -0.1) is 0 Å². The number of hydrogen-bond acceptors (Lipinski definition) is 3. The average molecular weight is 297 g/mol. The molecule has 4 heteroatoms. The van der Waals surface area contributed by atoms with Gasteiger partial charge in [0.25, 0.3) is 0 Å². The van der Waals surface area contributed by atoms with Gasteiger partial charge >= 0.3 is 0 Å². The maximum absolute atomic E-state index is 12.3. The molecule has 0 heterocycles. The van der Waals surface area contributed by atoms with E-state index in [1.165, 1.54) is 0 Å². The molecule has 1 atom stereocenters. The van der Waals surface area contributed by atoms with E-state index in [2.05, 4.69) is 26.1 Å². The molecule has 20 heavy (non-hydrogen) atoms. The normalized spacial score (nSPS) is 13.4. The minimum Gasteiger partial charge on any atom is -0.382 e. The van der Waals surface area contributed by atoms with E-state index in [9.17, 15) is 8.42 Å². The van der Waals surface area contributed by atoms with Crippen LogP contribution in [0.4, 0.5) is 5.69 Å². The zero-order chi connectivity index (χ0) is 15.2. The second-order valence-corrected chi connectivity index (χ2v) is 7.91. The Morgan fingerprint density at radius 2 is 1.75 bits per heavy atom. The molecule has 0 radical (unpaired) electrons. The number of benzene rings is 1. The summed E-state index contributed by atoms with van der Waals surface area (Å²) < 4.78 is 24.5. The first-order valence-electron chi connectivity index (χ1n) is 7.45. The van der Waals surface area contributed by atoms with Gasteiger partial charge in [0, 0.05) is 6.04 Å². The zero-order valence-electron chi connectivity index (χ0n) is 13.0. The Morgan fingerprint density at radius 1 is 1.10 bits per heavy atom. The monoisotopic (exact) mass is 297 g/mol. The Morgan fingerprint density at radius 3 is 2.35 bits per heavy atom. The van der Waals surface area contributed by atoms with Gasteiger partial charge in [0.1, 0.15) is 0 Å². The number of para-hydroxylation sites is 1. The van der Waals surface area contributed by atoms with Crippen LogP contribution in [0.1, 0.15) is 47.0 Å². The largest absolute Gasteiger partial charge is 0.382 e. The topological polar surface area (TPSA) is 46.2 Å². The van der Waals surface area contributed by atoms with E-state index in [1.807, 2.05) is 19.1 Å². The van der Waals surface area contributed by atoms with Crippen molar-refractivity contribution in [1.82, 2.24) is 0 Å². The second kappa shape index (κ2) is 7.67. The van der Waals surface area contributed by atoms with Crippen molar-refractivity contribution < 1.29 is 8.42 Å². The first-order chi connectivity index (χ1) is 9.36. The van der Waals surface area contributed by atoms with Gasteiger partial charge in [-0.25, -0.2) is 8.42 Å². The Hall–Kier alpha value is -1.03. The molecular formula is C16H27NO2S. The molecule has 114 valence electrons. The van der Waals surface area contributed by atoms with E-state index in [0.29, 0.717) is 17.2 Å². The standard InChI is InChI=1S/C16H27NO2S/c1-5-12-20(18,19)16-9-7-6-8-15(16)17-14(4)11-10-13(2)3/h6-9,13-14,17H,5,10-12H2,1-4H3. The molecular weight excluding hydrogens is 270 g/mol. The van der Waals surface area contributed by atoms with Crippen LogP contribution in [0.25, 0.3) is 0 Å². The van der Waals surface area contributed by atoms with Crippen molar-refractivity contribution in [3.63, 3.8) is 0 Å². The lowest BCUT2D eigenvalue weighted by atomic mass is 10.0. The minimum atomic E-state index is -3.18. The average Bonchev–Trinajstić information content (AvgIpc) is 2.37. The fraction of sp³-hybridized carbons (Fsp3) is 0.625. The van der Waals surface area contributed by atoms with Gasteiger partial charge in [-0.2, -0.15) is 0 Å². The SMILES string of the molecule is CCCS(=O)(=O)c1ccccc1NC(C)CCC(C)C. The molecule has 1 N–H and O–H groups in total. The lowest BCUT2D eigenvalue weighted by molar-refractivity contribution is 0.527. The number of nitrogens with one attached hydrogen (secondary N) is 1. The van der Waals surface area contributed by atoms with E-state index in [0.717, 1.165) is 18.5 Å². The van der Waals surface area contributed by atoms with Gasteiger partial charge in [-0.3, -0.25) is 0 Å². The molecule has 0 aliphatic carbocycles. The smallest absolute Gasteiger partial charge is 0.180 e. The third-order valence-electron chi connectivity index (χ3n) is 3.27. The zero-order valence-corrected chi connectivity index (χ0v) is 13.8. The van der Waals surface area contributed by atoms with Crippen LogP contribution in [0.15, 0.2) is 29.2 Å². The number of hydrogen-bond donors (Lipinski definition) is 1. The summed E-state index contributed by atoms with van der Waals surface area (Å²) in [6.45, 7) is 8.39. The van der Waals surface area contributed by atoms with Crippen LogP contribution >= 0.6 is 0 Å². The Balaban J connectivity index is 2.86. The summed E-state index contributed by atoms with van der Waals surface area (Å²) in [6.07, 6.45) is 2.82. The molecule has 1 aromatic carbocycles. The summed E-state index contributed by atoms with van der Waals surface area (Å²) in [6, 6.07) is 7.49. The van der Waals surface area contributed by atoms with Crippen molar-refractivity contribution in [3.8, 4) is 0 Å².